The summed E-state index contributed by atoms with van der Waals surface area (Å²) < 4.78 is 2.22. The van der Waals surface area contributed by atoms with Crippen LogP contribution in [-0.2, 0) is 6.54 Å². The number of aryl methyl sites for hydroxylation is 2. The van der Waals surface area contributed by atoms with E-state index in [1.54, 1.807) is 0 Å². The molecule has 1 aromatic heterocycles. The summed E-state index contributed by atoms with van der Waals surface area (Å²) in [4.78, 5) is 2.29. The number of rotatable bonds is 4. The molecule has 0 saturated heterocycles. The van der Waals surface area contributed by atoms with Crippen LogP contribution in [0.1, 0.15) is 11.1 Å². The van der Waals surface area contributed by atoms with Crippen LogP contribution in [0, 0.1) is 13.8 Å². The lowest BCUT2D eigenvalue weighted by Crippen LogP contribution is -3.00. The van der Waals surface area contributed by atoms with E-state index in [-0.39, 0.29) is 12.4 Å². The Morgan fingerprint density at radius 2 is 1.68 bits per heavy atom. The average Bonchev–Trinajstić information content (AvgIpc) is 2.38. The number of anilines is 1. The Hall–Kier alpha value is -1.54. The van der Waals surface area contributed by atoms with Gasteiger partial charge in [0.25, 0.3) is 0 Å². The van der Waals surface area contributed by atoms with Gasteiger partial charge in [-0.05, 0) is 37.1 Å². The quantitative estimate of drug-likeness (QED) is 0.698. The van der Waals surface area contributed by atoms with Crippen molar-refractivity contribution < 1.29 is 17.0 Å². The van der Waals surface area contributed by atoms with Crippen LogP contribution >= 0.6 is 0 Å². The van der Waals surface area contributed by atoms with Crippen molar-refractivity contribution in [2.75, 3.05) is 18.5 Å². The first kappa shape index (κ1) is 15.5. The van der Waals surface area contributed by atoms with Gasteiger partial charge in [0, 0.05) is 24.9 Å². The zero-order valence-electron chi connectivity index (χ0n) is 11.8. The Morgan fingerprint density at radius 3 is 2.32 bits per heavy atom. The maximum atomic E-state index is 2.29. The minimum absolute atomic E-state index is 0. The number of aromatic nitrogens is 1. The molecule has 2 aromatic rings. The van der Waals surface area contributed by atoms with Gasteiger partial charge in [-0.2, -0.15) is 0 Å². The van der Waals surface area contributed by atoms with Gasteiger partial charge in [0.1, 0.15) is 0 Å². The number of benzene rings is 1. The fraction of sp³-hybridized carbons (Fsp3) is 0.312. The molecular weight excluding hydrogens is 256 g/mol. The van der Waals surface area contributed by atoms with Gasteiger partial charge >= 0.3 is 0 Å². The van der Waals surface area contributed by atoms with Crippen molar-refractivity contribution in [3.8, 4) is 0 Å². The summed E-state index contributed by atoms with van der Waals surface area (Å²) in [7, 11) is 2.14. The molecule has 0 atom stereocenters. The number of halogens is 1. The number of hydrogen-bond acceptors (Lipinski definition) is 1. The molecule has 0 bridgehead atoms. The maximum Gasteiger partial charge on any atom is 0.169 e. The highest BCUT2D eigenvalue weighted by atomic mass is 35.5. The third-order valence-electron chi connectivity index (χ3n) is 3.19. The Balaban J connectivity index is 0.00000180. The molecule has 0 N–H and O–H groups in total. The molecule has 0 unspecified atom stereocenters. The minimum atomic E-state index is 0. The molecule has 0 aliphatic rings. The fourth-order valence-electron chi connectivity index (χ4n) is 1.94. The number of hydrogen-bond donors (Lipinski definition) is 0. The van der Waals surface area contributed by atoms with Gasteiger partial charge < -0.3 is 17.3 Å². The molecular formula is C16H21ClN2. The van der Waals surface area contributed by atoms with Crippen molar-refractivity contribution in [2.24, 2.45) is 0 Å². The van der Waals surface area contributed by atoms with Crippen LogP contribution in [0.5, 0.6) is 0 Å². The van der Waals surface area contributed by atoms with Crippen LogP contribution in [0.4, 0.5) is 5.69 Å². The highest BCUT2D eigenvalue weighted by Gasteiger charge is 2.04. The summed E-state index contributed by atoms with van der Waals surface area (Å²) in [5, 5.41) is 0. The van der Waals surface area contributed by atoms with Crippen molar-refractivity contribution in [2.45, 2.75) is 20.4 Å². The first-order valence-electron chi connectivity index (χ1n) is 6.39. The van der Waals surface area contributed by atoms with Crippen molar-refractivity contribution in [3.63, 3.8) is 0 Å². The van der Waals surface area contributed by atoms with Crippen molar-refractivity contribution in [1.82, 2.24) is 0 Å². The molecule has 0 amide bonds. The Kier molecular flexibility index (Phi) is 5.84. The van der Waals surface area contributed by atoms with E-state index < -0.39 is 0 Å². The zero-order chi connectivity index (χ0) is 13.0. The number of nitrogens with zero attached hydrogens (tertiary/aromatic N) is 2. The molecule has 0 spiro atoms. The van der Waals surface area contributed by atoms with Gasteiger partial charge in [-0.3, -0.25) is 0 Å². The molecule has 1 heterocycles. The summed E-state index contributed by atoms with van der Waals surface area (Å²) in [5.41, 5.74) is 3.89. The van der Waals surface area contributed by atoms with Crippen LogP contribution in [0.15, 0.2) is 48.8 Å². The summed E-state index contributed by atoms with van der Waals surface area (Å²) in [5.74, 6) is 0. The van der Waals surface area contributed by atoms with E-state index in [1.807, 2.05) is 0 Å². The normalized spacial score (nSPS) is 9.84. The first-order valence-corrected chi connectivity index (χ1v) is 6.39. The number of likely N-dealkylation sites (N-methyl/N-ethyl adjacent to an activating group) is 1. The molecule has 102 valence electrons. The Bertz CT molecular complexity index is 508. The summed E-state index contributed by atoms with van der Waals surface area (Å²) in [6.45, 7) is 6.26. The van der Waals surface area contributed by atoms with Gasteiger partial charge in [0.2, 0.25) is 0 Å². The summed E-state index contributed by atoms with van der Waals surface area (Å²) >= 11 is 0. The van der Waals surface area contributed by atoms with Crippen LogP contribution < -0.4 is 21.9 Å². The monoisotopic (exact) mass is 276 g/mol. The Labute approximate surface area is 122 Å². The summed E-state index contributed by atoms with van der Waals surface area (Å²) in [6.07, 6.45) is 4.28. The average molecular weight is 277 g/mol. The Morgan fingerprint density at radius 1 is 1.00 bits per heavy atom. The third kappa shape index (κ3) is 4.56. The third-order valence-corrected chi connectivity index (χ3v) is 3.19. The standard InChI is InChI=1S/C16H21N2.ClH/c1-14-7-9-18(10-8-14)12-11-17(3)16-6-4-5-15(2)13-16;/h4-10,13H,11-12H2,1-3H3;1H/q+1;/p-1. The van der Waals surface area contributed by atoms with Crippen molar-refractivity contribution in [3.05, 3.63) is 59.9 Å². The highest BCUT2D eigenvalue weighted by Crippen LogP contribution is 2.13. The van der Waals surface area contributed by atoms with Gasteiger partial charge in [-0.1, -0.05) is 12.1 Å². The fourth-order valence-corrected chi connectivity index (χ4v) is 1.94. The lowest BCUT2D eigenvalue weighted by Gasteiger charge is -2.17. The second-order valence-electron chi connectivity index (χ2n) is 4.87. The molecule has 2 rings (SSSR count). The van der Waals surface area contributed by atoms with Crippen LogP contribution in [0.3, 0.4) is 0 Å². The second kappa shape index (κ2) is 7.15. The SMILES string of the molecule is Cc1cc[n+](CCN(C)c2cccc(C)c2)cc1.[Cl-]. The topological polar surface area (TPSA) is 7.12 Å². The lowest BCUT2D eigenvalue weighted by atomic mass is 10.2. The largest absolute Gasteiger partial charge is 1.00 e. The predicted octanol–water partition coefficient (Wildman–Crippen LogP) is -0.269. The van der Waals surface area contributed by atoms with E-state index in [1.165, 1.54) is 16.8 Å². The van der Waals surface area contributed by atoms with E-state index in [0.717, 1.165) is 13.1 Å². The van der Waals surface area contributed by atoms with E-state index >= 15 is 0 Å². The molecule has 19 heavy (non-hydrogen) atoms. The predicted molar refractivity (Wildman–Crippen MR) is 75.8 cm³/mol. The van der Waals surface area contributed by atoms with Gasteiger partial charge in [-0.25, -0.2) is 4.57 Å². The molecule has 0 radical (unpaired) electrons. The van der Waals surface area contributed by atoms with Crippen molar-refractivity contribution >= 4 is 5.69 Å². The van der Waals surface area contributed by atoms with E-state index in [9.17, 15) is 0 Å². The molecule has 3 heteroatoms. The van der Waals surface area contributed by atoms with E-state index in [4.69, 9.17) is 0 Å². The molecule has 0 fully saturated rings. The highest BCUT2D eigenvalue weighted by molar-refractivity contribution is 5.47. The smallest absolute Gasteiger partial charge is 0.169 e. The van der Waals surface area contributed by atoms with Gasteiger partial charge in [0.05, 0.1) is 6.54 Å². The van der Waals surface area contributed by atoms with Crippen LogP contribution in [0.25, 0.3) is 0 Å². The van der Waals surface area contributed by atoms with Crippen molar-refractivity contribution in [1.29, 1.82) is 0 Å². The molecule has 0 aliphatic carbocycles. The van der Waals surface area contributed by atoms with Gasteiger partial charge in [0.15, 0.2) is 18.9 Å². The molecule has 1 aromatic carbocycles. The lowest BCUT2D eigenvalue weighted by molar-refractivity contribution is -0.694. The maximum absolute atomic E-state index is 2.29. The van der Waals surface area contributed by atoms with Crippen LogP contribution in [0.2, 0.25) is 0 Å². The van der Waals surface area contributed by atoms with E-state index in [0.29, 0.717) is 0 Å². The van der Waals surface area contributed by atoms with Gasteiger partial charge in [-0.15, -0.1) is 0 Å². The van der Waals surface area contributed by atoms with E-state index in [2.05, 4.69) is 79.2 Å². The summed E-state index contributed by atoms with van der Waals surface area (Å²) in [6, 6.07) is 12.9. The van der Waals surface area contributed by atoms with Crippen LogP contribution in [-0.4, -0.2) is 13.6 Å². The molecule has 0 aliphatic heterocycles. The second-order valence-corrected chi connectivity index (χ2v) is 4.87. The first-order chi connectivity index (χ1) is 8.65. The molecule has 2 nitrogen and oxygen atoms in total. The molecule has 0 saturated carbocycles. The zero-order valence-corrected chi connectivity index (χ0v) is 12.6. The number of pyridine rings is 1. The minimum Gasteiger partial charge on any atom is -1.00 e.